The van der Waals surface area contributed by atoms with Crippen LogP contribution in [0, 0.1) is 5.82 Å². The lowest BCUT2D eigenvalue weighted by atomic mass is 10.1. The second-order valence-electron chi connectivity index (χ2n) is 4.92. The number of rotatable bonds is 5. The topological polar surface area (TPSA) is 35.2 Å². The van der Waals surface area contributed by atoms with E-state index in [9.17, 15) is 4.39 Å². The standard InChI is InChI=1S/C16H16Cl2FNO/c1-10(20)7-11-8-12(17)5-6-16(11)21-9-13-14(18)3-2-4-15(13)19/h2-6,8,10H,7,9,20H2,1H3. The van der Waals surface area contributed by atoms with Crippen LogP contribution < -0.4 is 10.5 Å². The van der Waals surface area contributed by atoms with E-state index in [1.165, 1.54) is 6.07 Å². The second kappa shape index (κ2) is 7.12. The fraction of sp³-hybridized carbons (Fsp3) is 0.250. The van der Waals surface area contributed by atoms with Gasteiger partial charge in [0.25, 0.3) is 0 Å². The van der Waals surface area contributed by atoms with Crippen LogP contribution in [0.4, 0.5) is 4.39 Å². The average molecular weight is 328 g/mol. The summed E-state index contributed by atoms with van der Waals surface area (Å²) in [5.74, 6) is 0.251. The molecule has 2 N–H and O–H groups in total. The van der Waals surface area contributed by atoms with E-state index in [0.29, 0.717) is 27.8 Å². The summed E-state index contributed by atoms with van der Waals surface area (Å²) in [6.45, 7) is 1.96. The van der Waals surface area contributed by atoms with E-state index in [1.54, 1.807) is 24.3 Å². The minimum Gasteiger partial charge on any atom is -0.488 e. The molecule has 2 aromatic rings. The number of benzene rings is 2. The lowest BCUT2D eigenvalue weighted by Gasteiger charge is -2.14. The van der Waals surface area contributed by atoms with Crippen molar-refractivity contribution >= 4 is 23.2 Å². The molecule has 0 bridgehead atoms. The van der Waals surface area contributed by atoms with Crippen LogP contribution in [0.15, 0.2) is 36.4 Å². The Labute approximate surface area is 133 Å². The summed E-state index contributed by atoms with van der Waals surface area (Å²) in [6.07, 6.45) is 0.626. The molecule has 2 nitrogen and oxygen atoms in total. The van der Waals surface area contributed by atoms with Gasteiger partial charge >= 0.3 is 0 Å². The third-order valence-corrected chi connectivity index (χ3v) is 3.59. The van der Waals surface area contributed by atoms with Crippen molar-refractivity contribution < 1.29 is 9.13 Å². The highest BCUT2D eigenvalue weighted by atomic mass is 35.5. The molecule has 2 rings (SSSR count). The summed E-state index contributed by atoms with van der Waals surface area (Å²) in [7, 11) is 0. The molecule has 0 saturated heterocycles. The van der Waals surface area contributed by atoms with Crippen LogP contribution in [0.1, 0.15) is 18.1 Å². The van der Waals surface area contributed by atoms with Gasteiger partial charge in [0.15, 0.2) is 0 Å². The molecule has 0 heterocycles. The maximum atomic E-state index is 13.7. The number of hydrogen-bond acceptors (Lipinski definition) is 2. The monoisotopic (exact) mass is 327 g/mol. The van der Waals surface area contributed by atoms with Crippen LogP contribution in [0.25, 0.3) is 0 Å². The maximum Gasteiger partial charge on any atom is 0.131 e. The fourth-order valence-corrected chi connectivity index (χ4v) is 2.43. The van der Waals surface area contributed by atoms with Gasteiger partial charge in [-0.1, -0.05) is 29.3 Å². The lowest BCUT2D eigenvalue weighted by Crippen LogP contribution is -2.18. The Morgan fingerprint density at radius 2 is 2.00 bits per heavy atom. The Balaban J connectivity index is 2.20. The van der Waals surface area contributed by atoms with E-state index in [-0.39, 0.29) is 18.5 Å². The van der Waals surface area contributed by atoms with E-state index in [0.717, 1.165) is 5.56 Å². The highest BCUT2D eigenvalue weighted by molar-refractivity contribution is 6.31. The highest BCUT2D eigenvalue weighted by Crippen LogP contribution is 2.27. The molecule has 0 amide bonds. The SMILES string of the molecule is CC(N)Cc1cc(Cl)ccc1OCc1c(F)cccc1Cl. The van der Waals surface area contributed by atoms with Crippen molar-refractivity contribution in [1.82, 2.24) is 0 Å². The summed E-state index contributed by atoms with van der Waals surface area (Å²) in [6, 6.07) is 9.82. The van der Waals surface area contributed by atoms with Crippen molar-refractivity contribution in [2.45, 2.75) is 26.0 Å². The van der Waals surface area contributed by atoms with Crippen LogP contribution in [0.2, 0.25) is 10.0 Å². The quantitative estimate of drug-likeness (QED) is 0.870. The molecule has 1 atom stereocenters. The Bertz CT molecular complexity index is 611. The molecule has 0 aliphatic rings. The van der Waals surface area contributed by atoms with Gasteiger partial charge in [-0.3, -0.25) is 0 Å². The molecule has 5 heteroatoms. The second-order valence-corrected chi connectivity index (χ2v) is 5.77. The van der Waals surface area contributed by atoms with E-state index in [2.05, 4.69) is 0 Å². The van der Waals surface area contributed by atoms with Crippen molar-refractivity contribution in [3.63, 3.8) is 0 Å². The Hall–Kier alpha value is -1.29. The van der Waals surface area contributed by atoms with Gasteiger partial charge in [-0.05, 0) is 49.2 Å². The molecule has 0 aliphatic heterocycles. The van der Waals surface area contributed by atoms with Crippen molar-refractivity contribution in [2.75, 3.05) is 0 Å². The van der Waals surface area contributed by atoms with Crippen molar-refractivity contribution in [3.8, 4) is 5.75 Å². The first-order valence-electron chi connectivity index (χ1n) is 6.57. The van der Waals surface area contributed by atoms with Crippen LogP contribution >= 0.6 is 23.2 Å². The Kier molecular flexibility index (Phi) is 5.45. The molecule has 0 saturated carbocycles. The van der Waals surface area contributed by atoms with E-state index >= 15 is 0 Å². The zero-order valence-electron chi connectivity index (χ0n) is 11.6. The first kappa shape index (κ1) is 16.1. The van der Waals surface area contributed by atoms with Gasteiger partial charge < -0.3 is 10.5 Å². The number of nitrogens with two attached hydrogens (primary N) is 1. The van der Waals surface area contributed by atoms with Crippen LogP contribution in [0.3, 0.4) is 0 Å². The minimum absolute atomic E-state index is 0.0251. The van der Waals surface area contributed by atoms with Crippen molar-refractivity contribution in [3.05, 3.63) is 63.4 Å². The predicted molar refractivity (Wildman–Crippen MR) is 84.5 cm³/mol. The van der Waals surface area contributed by atoms with E-state index < -0.39 is 0 Å². The number of hydrogen-bond donors (Lipinski definition) is 1. The van der Waals surface area contributed by atoms with Gasteiger partial charge in [0.1, 0.15) is 18.2 Å². The molecular formula is C16H16Cl2FNO. The summed E-state index contributed by atoms with van der Waals surface area (Å²) in [4.78, 5) is 0. The number of ether oxygens (including phenoxy) is 1. The molecule has 2 aromatic carbocycles. The maximum absolute atomic E-state index is 13.7. The lowest BCUT2D eigenvalue weighted by molar-refractivity contribution is 0.296. The van der Waals surface area contributed by atoms with Gasteiger partial charge in [-0.15, -0.1) is 0 Å². The molecular weight excluding hydrogens is 312 g/mol. The zero-order valence-corrected chi connectivity index (χ0v) is 13.1. The third-order valence-electron chi connectivity index (χ3n) is 3.00. The summed E-state index contributed by atoms with van der Waals surface area (Å²) in [5, 5.41) is 0.958. The normalized spacial score (nSPS) is 12.2. The number of halogens is 3. The molecule has 21 heavy (non-hydrogen) atoms. The van der Waals surface area contributed by atoms with Gasteiger partial charge in [0.05, 0.1) is 5.02 Å². The van der Waals surface area contributed by atoms with Gasteiger partial charge in [-0.25, -0.2) is 4.39 Å². The van der Waals surface area contributed by atoms with Crippen LogP contribution in [0.5, 0.6) is 5.75 Å². The van der Waals surface area contributed by atoms with Gasteiger partial charge in [0, 0.05) is 16.6 Å². The molecule has 0 fully saturated rings. The van der Waals surface area contributed by atoms with Gasteiger partial charge in [0.2, 0.25) is 0 Å². The first-order chi connectivity index (χ1) is 9.97. The van der Waals surface area contributed by atoms with E-state index in [4.69, 9.17) is 33.7 Å². The Morgan fingerprint density at radius 3 is 2.67 bits per heavy atom. The summed E-state index contributed by atoms with van der Waals surface area (Å²) >= 11 is 12.0. The van der Waals surface area contributed by atoms with Crippen molar-refractivity contribution in [1.29, 1.82) is 0 Å². The zero-order chi connectivity index (χ0) is 15.4. The molecule has 0 aromatic heterocycles. The highest BCUT2D eigenvalue weighted by Gasteiger charge is 2.11. The van der Waals surface area contributed by atoms with Crippen LogP contribution in [-0.4, -0.2) is 6.04 Å². The summed E-state index contributed by atoms with van der Waals surface area (Å²) < 4.78 is 19.4. The molecule has 0 radical (unpaired) electrons. The molecule has 0 aliphatic carbocycles. The van der Waals surface area contributed by atoms with Crippen LogP contribution in [-0.2, 0) is 13.0 Å². The van der Waals surface area contributed by atoms with Crippen molar-refractivity contribution in [2.24, 2.45) is 5.73 Å². The largest absolute Gasteiger partial charge is 0.488 e. The first-order valence-corrected chi connectivity index (χ1v) is 7.32. The van der Waals surface area contributed by atoms with E-state index in [1.807, 2.05) is 13.0 Å². The smallest absolute Gasteiger partial charge is 0.131 e. The molecule has 1 unspecified atom stereocenters. The predicted octanol–water partition coefficient (Wildman–Crippen LogP) is 4.60. The molecule has 112 valence electrons. The fourth-order valence-electron chi connectivity index (χ4n) is 2.02. The third kappa shape index (κ3) is 4.34. The Morgan fingerprint density at radius 1 is 1.24 bits per heavy atom. The molecule has 0 spiro atoms. The van der Waals surface area contributed by atoms with Gasteiger partial charge in [-0.2, -0.15) is 0 Å². The minimum atomic E-state index is -0.384. The summed E-state index contributed by atoms with van der Waals surface area (Å²) in [5.41, 5.74) is 7.05. The average Bonchev–Trinajstić information content (AvgIpc) is 2.39.